The molecule has 4 nitrogen and oxygen atoms in total. The number of carboxylic acids is 1. The molecule has 0 bridgehead atoms. The highest BCUT2D eigenvalue weighted by molar-refractivity contribution is 5.85. The van der Waals surface area contributed by atoms with E-state index in [9.17, 15) is 14.0 Å². The number of benzene rings is 1. The van der Waals surface area contributed by atoms with Gasteiger partial charge in [-0.3, -0.25) is 9.59 Å². The molecule has 2 rings (SSSR count). The predicted octanol–water partition coefficient (Wildman–Crippen LogP) is 2.09. The van der Waals surface area contributed by atoms with Crippen molar-refractivity contribution in [2.75, 3.05) is 0 Å². The molecule has 0 spiro atoms. The van der Waals surface area contributed by atoms with Crippen LogP contribution < -0.4 is 5.32 Å². The van der Waals surface area contributed by atoms with Gasteiger partial charge in [-0.2, -0.15) is 0 Å². The van der Waals surface area contributed by atoms with Crippen molar-refractivity contribution in [1.29, 1.82) is 0 Å². The summed E-state index contributed by atoms with van der Waals surface area (Å²) in [5.74, 6) is -1.49. The predicted molar refractivity (Wildman–Crippen MR) is 66.8 cm³/mol. The molecule has 1 saturated carbocycles. The Labute approximate surface area is 110 Å². The van der Waals surface area contributed by atoms with Crippen molar-refractivity contribution in [3.8, 4) is 0 Å². The average molecular weight is 265 g/mol. The lowest BCUT2D eigenvalue weighted by Crippen LogP contribution is -2.42. The van der Waals surface area contributed by atoms with Crippen molar-refractivity contribution in [3.05, 3.63) is 35.6 Å². The first-order chi connectivity index (χ1) is 9.02. The molecule has 0 saturated heterocycles. The maximum absolute atomic E-state index is 12.7. The average Bonchev–Trinajstić information content (AvgIpc) is 2.32. The number of hydrogen-bond donors (Lipinski definition) is 2. The van der Waals surface area contributed by atoms with Gasteiger partial charge in [0.15, 0.2) is 0 Å². The van der Waals surface area contributed by atoms with Crippen LogP contribution in [0, 0.1) is 11.2 Å². The highest BCUT2D eigenvalue weighted by atomic mass is 19.1. The van der Waals surface area contributed by atoms with Crippen LogP contribution in [-0.2, 0) is 16.1 Å². The lowest BCUT2D eigenvalue weighted by molar-refractivity contribution is -0.157. The van der Waals surface area contributed by atoms with Crippen molar-refractivity contribution in [2.45, 2.75) is 32.2 Å². The van der Waals surface area contributed by atoms with E-state index in [-0.39, 0.29) is 24.7 Å². The van der Waals surface area contributed by atoms with Crippen molar-refractivity contribution >= 4 is 11.9 Å². The van der Waals surface area contributed by atoms with E-state index < -0.39 is 11.4 Å². The van der Waals surface area contributed by atoms with Crippen LogP contribution in [0.15, 0.2) is 24.3 Å². The van der Waals surface area contributed by atoms with E-state index in [4.69, 9.17) is 5.11 Å². The summed E-state index contributed by atoms with van der Waals surface area (Å²) in [4.78, 5) is 22.9. The number of rotatable bonds is 5. The fraction of sp³-hybridized carbons (Fsp3) is 0.429. The van der Waals surface area contributed by atoms with Gasteiger partial charge in [-0.25, -0.2) is 4.39 Å². The first-order valence-electron chi connectivity index (χ1n) is 6.26. The van der Waals surface area contributed by atoms with E-state index in [1.165, 1.54) is 12.1 Å². The summed E-state index contributed by atoms with van der Waals surface area (Å²) in [6.45, 7) is 0.287. The van der Waals surface area contributed by atoms with E-state index >= 15 is 0 Å². The summed E-state index contributed by atoms with van der Waals surface area (Å²) in [5.41, 5.74) is -0.0832. The highest BCUT2D eigenvalue weighted by Crippen LogP contribution is 2.44. The zero-order chi connectivity index (χ0) is 13.9. The van der Waals surface area contributed by atoms with E-state index in [0.29, 0.717) is 12.8 Å². The fourth-order valence-corrected chi connectivity index (χ4v) is 2.24. The molecular weight excluding hydrogens is 249 g/mol. The van der Waals surface area contributed by atoms with Gasteiger partial charge in [0.05, 0.1) is 5.41 Å². The van der Waals surface area contributed by atoms with Crippen LogP contribution in [0.2, 0.25) is 0 Å². The molecule has 0 aromatic heterocycles. The monoisotopic (exact) mass is 265 g/mol. The zero-order valence-corrected chi connectivity index (χ0v) is 10.5. The van der Waals surface area contributed by atoms with Crippen LogP contribution in [0.3, 0.4) is 0 Å². The van der Waals surface area contributed by atoms with Gasteiger partial charge in [0.25, 0.3) is 0 Å². The van der Waals surface area contributed by atoms with Crippen LogP contribution in [0.25, 0.3) is 0 Å². The molecule has 1 aromatic rings. The molecule has 102 valence electrons. The number of carboxylic acid groups (broad SMARTS) is 1. The van der Waals surface area contributed by atoms with Gasteiger partial charge in [-0.1, -0.05) is 18.6 Å². The highest BCUT2D eigenvalue weighted by Gasteiger charge is 2.45. The molecular formula is C14H16FNO3. The summed E-state index contributed by atoms with van der Waals surface area (Å²) >= 11 is 0. The van der Waals surface area contributed by atoms with Crippen molar-refractivity contribution in [2.24, 2.45) is 5.41 Å². The number of carbonyl (C=O) groups is 2. The molecule has 1 fully saturated rings. The normalized spacial score (nSPS) is 16.5. The van der Waals surface area contributed by atoms with Crippen LogP contribution >= 0.6 is 0 Å². The third kappa shape index (κ3) is 3.10. The lowest BCUT2D eigenvalue weighted by atomic mass is 9.66. The van der Waals surface area contributed by atoms with E-state index in [0.717, 1.165) is 12.0 Å². The zero-order valence-electron chi connectivity index (χ0n) is 10.5. The maximum atomic E-state index is 12.7. The van der Waals surface area contributed by atoms with Gasteiger partial charge in [-0.05, 0) is 30.5 Å². The second kappa shape index (κ2) is 5.38. The molecule has 0 heterocycles. The summed E-state index contributed by atoms with van der Waals surface area (Å²) in [5, 5.41) is 11.8. The van der Waals surface area contributed by atoms with E-state index in [2.05, 4.69) is 5.32 Å². The molecule has 0 atom stereocenters. The number of amides is 1. The standard InChI is InChI=1S/C14H16FNO3/c15-11-4-2-10(3-5-11)9-16-12(17)8-14(13(18)19)6-1-7-14/h2-5H,1,6-9H2,(H,16,17)(H,18,19). The largest absolute Gasteiger partial charge is 0.481 e. The summed E-state index contributed by atoms with van der Waals surface area (Å²) in [6, 6.07) is 5.83. The van der Waals surface area contributed by atoms with Gasteiger partial charge in [-0.15, -0.1) is 0 Å². The first-order valence-corrected chi connectivity index (χ1v) is 6.26. The Bertz CT molecular complexity index is 480. The quantitative estimate of drug-likeness (QED) is 0.856. The minimum atomic E-state index is -0.893. The molecule has 0 radical (unpaired) electrons. The van der Waals surface area contributed by atoms with E-state index in [1.807, 2.05) is 0 Å². The van der Waals surface area contributed by atoms with Crippen molar-refractivity contribution < 1.29 is 19.1 Å². The van der Waals surface area contributed by atoms with Crippen molar-refractivity contribution in [3.63, 3.8) is 0 Å². The topological polar surface area (TPSA) is 66.4 Å². The van der Waals surface area contributed by atoms with Gasteiger partial charge in [0.2, 0.25) is 5.91 Å². The maximum Gasteiger partial charge on any atom is 0.310 e. The van der Waals surface area contributed by atoms with Crippen molar-refractivity contribution in [1.82, 2.24) is 5.32 Å². The van der Waals surface area contributed by atoms with E-state index in [1.54, 1.807) is 12.1 Å². The van der Waals surface area contributed by atoms with Gasteiger partial charge in [0, 0.05) is 13.0 Å². The van der Waals surface area contributed by atoms with Gasteiger partial charge < -0.3 is 10.4 Å². The summed E-state index contributed by atoms with van der Waals surface area (Å²) in [6.07, 6.45) is 2.00. The molecule has 0 aliphatic heterocycles. The first kappa shape index (κ1) is 13.5. The molecule has 19 heavy (non-hydrogen) atoms. The van der Waals surface area contributed by atoms with Crippen LogP contribution in [0.1, 0.15) is 31.2 Å². The number of hydrogen-bond acceptors (Lipinski definition) is 2. The van der Waals surface area contributed by atoms with Crippen LogP contribution in [0.5, 0.6) is 0 Å². The van der Waals surface area contributed by atoms with Gasteiger partial charge in [0.1, 0.15) is 5.82 Å². The minimum Gasteiger partial charge on any atom is -0.481 e. The number of carbonyl (C=O) groups excluding carboxylic acids is 1. The Hall–Kier alpha value is -1.91. The molecule has 2 N–H and O–H groups in total. The van der Waals surface area contributed by atoms with Gasteiger partial charge >= 0.3 is 5.97 Å². The number of aliphatic carboxylic acids is 1. The Morgan fingerprint density at radius 3 is 2.37 bits per heavy atom. The third-order valence-electron chi connectivity index (χ3n) is 3.67. The Morgan fingerprint density at radius 2 is 1.89 bits per heavy atom. The Morgan fingerprint density at radius 1 is 1.26 bits per heavy atom. The fourth-order valence-electron chi connectivity index (χ4n) is 2.24. The Kier molecular flexibility index (Phi) is 3.83. The second-order valence-electron chi connectivity index (χ2n) is 5.02. The second-order valence-corrected chi connectivity index (χ2v) is 5.02. The summed E-state index contributed by atoms with van der Waals surface area (Å²) in [7, 11) is 0. The molecule has 1 amide bonds. The molecule has 1 aromatic carbocycles. The SMILES string of the molecule is O=C(CC1(C(=O)O)CCC1)NCc1ccc(F)cc1. The third-order valence-corrected chi connectivity index (χ3v) is 3.67. The molecule has 0 unspecified atom stereocenters. The summed E-state index contributed by atoms with van der Waals surface area (Å²) < 4.78 is 12.7. The van der Waals surface area contributed by atoms with Crippen LogP contribution in [-0.4, -0.2) is 17.0 Å². The number of nitrogens with one attached hydrogen (secondary N) is 1. The minimum absolute atomic E-state index is 0.0174. The number of halogens is 1. The molecule has 5 heteroatoms. The van der Waals surface area contributed by atoms with Crippen LogP contribution in [0.4, 0.5) is 4.39 Å². The Balaban J connectivity index is 1.85. The smallest absolute Gasteiger partial charge is 0.310 e. The lowest BCUT2D eigenvalue weighted by Gasteiger charge is -2.36. The molecule has 1 aliphatic rings. The molecule has 1 aliphatic carbocycles.